The van der Waals surface area contributed by atoms with Crippen LogP contribution in [0.3, 0.4) is 0 Å². The molecule has 0 radical (unpaired) electrons. The van der Waals surface area contributed by atoms with E-state index in [0.717, 1.165) is 12.1 Å². The molecule has 0 atom stereocenters. The highest BCUT2D eigenvalue weighted by Crippen LogP contribution is 2.24. The second-order valence-corrected chi connectivity index (χ2v) is 4.50. The Morgan fingerprint density at radius 1 is 0.923 bits per heavy atom. The molecule has 1 rings (SSSR count). The van der Waals surface area contributed by atoms with Crippen molar-refractivity contribution < 1.29 is 0 Å². The molecule has 0 heterocycles. The Morgan fingerprint density at radius 2 is 1.38 bits per heavy atom. The highest BCUT2D eigenvalue weighted by atomic mass is 15.1. The van der Waals surface area contributed by atoms with E-state index in [9.17, 15) is 0 Å². The second kappa shape index (κ2) is 4.97. The van der Waals surface area contributed by atoms with Crippen LogP contribution in [0.15, 0.2) is 0 Å². The highest BCUT2D eigenvalue weighted by Gasteiger charge is 2.23. The van der Waals surface area contributed by atoms with E-state index in [2.05, 4.69) is 37.9 Å². The van der Waals surface area contributed by atoms with Gasteiger partial charge in [0.25, 0.3) is 0 Å². The zero-order valence-corrected chi connectivity index (χ0v) is 9.58. The van der Waals surface area contributed by atoms with Gasteiger partial charge in [0.15, 0.2) is 0 Å². The maximum absolute atomic E-state index is 2.49. The Morgan fingerprint density at radius 3 is 1.77 bits per heavy atom. The summed E-state index contributed by atoms with van der Waals surface area (Å²) in [4.78, 5) is 4.87. The monoisotopic (exact) mass is 184 g/mol. The van der Waals surface area contributed by atoms with Gasteiger partial charge < -0.3 is 9.80 Å². The highest BCUT2D eigenvalue weighted by molar-refractivity contribution is 4.81. The molecule has 0 unspecified atom stereocenters. The number of nitrogens with zero attached hydrogens (tertiary/aromatic N) is 2. The molecule has 0 aliphatic heterocycles. The summed E-state index contributed by atoms with van der Waals surface area (Å²) in [5.74, 6) is 0. The molecule has 13 heavy (non-hydrogen) atoms. The third kappa shape index (κ3) is 2.96. The van der Waals surface area contributed by atoms with E-state index in [1.165, 1.54) is 32.2 Å². The Kier molecular flexibility index (Phi) is 4.20. The summed E-state index contributed by atoms with van der Waals surface area (Å²) in [5, 5.41) is 0. The molecular weight excluding hydrogens is 160 g/mol. The van der Waals surface area contributed by atoms with Crippen LogP contribution >= 0.6 is 0 Å². The van der Waals surface area contributed by atoms with Gasteiger partial charge in [-0.3, -0.25) is 0 Å². The largest absolute Gasteiger partial charge is 0.306 e. The summed E-state index contributed by atoms with van der Waals surface area (Å²) in [5.41, 5.74) is 0. The molecule has 1 aliphatic carbocycles. The second-order valence-electron chi connectivity index (χ2n) is 4.50. The van der Waals surface area contributed by atoms with Crippen LogP contribution in [0.4, 0.5) is 0 Å². The molecule has 1 fully saturated rings. The number of hydrogen-bond acceptors (Lipinski definition) is 2. The van der Waals surface area contributed by atoms with E-state index in [-0.39, 0.29) is 0 Å². The van der Waals surface area contributed by atoms with Gasteiger partial charge in [-0.15, -0.1) is 0 Å². The lowest BCUT2D eigenvalue weighted by Crippen LogP contribution is -2.40. The summed E-state index contributed by atoms with van der Waals surface area (Å²) >= 11 is 0. The summed E-state index contributed by atoms with van der Waals surface area (Å²) in [6.07, 6.45) is 5.52. The van der Waals surface area contributed by atoms with Crippen LogP contribution in [0.2, 0.25) is 0 Å². The minimum absolute atomic E-state index is 0.835. The molecule has 0 aromatic rings. The molecule has 2 nitrogen and oxygen atoms in total. The average molecular weight is 184 g/mol. The normalized spacial score (nSPS) is 30.0. The zero-order chi connectivity index (χ0) is 9.84. The van der Waals surface area contributed by atoms with Crippen molar-refractivity contribution in [2.24, 2.45) is 0 Å². The third-order valence-corrected chi connectivity index (χ3v) is 3.52. The van der Waals surface area contributed by atoms with Crippen LogP contribution in [-0.2, 0) is 0 Å². The summed E-state index contributed by atoms with van der Waals surface area (Å²) in [6, 6.07) is 1.68. The first-order valence-corrected chi connectivity index (χ1v) is 5.51. The lowest BCUT2D eigenvalue weighted by molar-refractivity contribution is 0.142. The third-order valence-electron chi connectivity index (χ3n) is 3.52. The van der Waals surface area contributed by atoms with Gasteiger partial charge in [-0.1, -0.05) is 6.92 Å². The van der Waals surface area contributed by atoms with Crippen molar-refractivity contribution in [2.75, 3.05) is 27.7 Å². The van der Waals surface area contributed by atoms with Crippen LogP contribution in [0.25, 0.3) is 0 Å². The topological polar surface area (TPSA) is 6.48 Å². The summed E-state index contributed by atoms with van der Waals surface area (Å²) in [6.45, 7) is 3.44. The molecular formula is C11H24N2. The summed E-state index contributed by atoms with van der Waals surface area (Å²) in [7, 11) is 6.66. The van der Waals surface area contributed by atoms with E-state index in [1.54, 1.807) is 0 Å². The molecule has 0 N–H and O–H groups in total. The molecule has 1 aliphatic rings. The molecule has 0 saturated heterocycles. The molecule has 0 aromatic carbocycles. The molecule has 0 amide bonds. The maximum atomic E-state index is 2.49. The standard InChI is InChI=1S/C11H24N2/c1-5-13(4)11-8-6-10(7-9-11)12(2)3/h10-11H,5-9H2,1-4H3/t10-,11+. The van der Waals surface area contributed by atoms with Gasteiger partial charge in [0.2, 0.25) is 0 Å². The van der Waals surface area contributed by atoms with Crippen molar-refractivity contribution in [3.05, 3.63) is 0 Å². The quantitative estimate of drug-likeness (QED) is 0.660. The van der Waals surface area contributed by atoms with Gasteiger partial charge in [0, 0.05) is 12.1 Å². The van der Waals surface area contributed by atoms with Crippen molar-refractivity contribution in [3.8, 4) is 0 Å². The first-order valence-electron chi connectivity index (χ1n) is 5.51. The maximum Gasteiger partial charge on any atom is 0.00932 e. The van der Waals surface area contributed by atoms with E-state index in [1.807, 2.05) is 0 Å². The van der Waals surface area contributed by atoms with Gasteiger partial charge in [0.05, 0.1) is 0 Å². The van der Waals surface area contributed by atoms with Gasteiger partial charge >= 0.3 is 0 Å². The van der Waals surface area contributed by atoms with Crippen molar-refractivity contribution >= 4 is 0 Å². The minimum Gasteiger partial charge on any atom is -0.306 e. The van der Waals surface area contributed by atoms with Crippen LogP contribution in [0, 0.1) is 0 Å². The van der Waals surface area contributed by atoms with Gasteiger partial charge in [-0.25, -0.2) is 0 Å². The average Bonchev–Trinajstić information content (AvgIpc) is 2.17. The summed E-state index contributed by atoms with van der Waals surface area (Å²) < 4.78 is 0. The minimum atomic E-state index is 0.835. The molecule has 2 heteroatoms. The molecule has 0 bridgehead atoms. The molecule has 0 spiro atoms. The van der Waals surface area contributed by atoms with E-state index in [0.29, 0.717) is 0 Å². The van der Waals surface area contributed by atoms with Crippen molar-refractivity contribution in [1.29, 1.82) is 0 Å². The SMILES string of the molecule is CCN(C)[C@H]1CC[C@@H](N(C)C)CC1. The van der Waals surface area contributed by atoms with Gasteiger partial charge in [0.1, 0.15) is 0 Å². The Balaban J connectivity index is 2.30. The van der Waals surface area contributed by atoms with Crippen LogP contribution in [0.1, 0.15) is 32.6 Å². The smallest absolute Gasteiger partial charge is 0.00932 e. The fourth-order valence-corrected chi connectivity index (χ4v) is 2.27. The predicted molar refractivity (Wildman–Crippen MR) is 58.0 cm³/mol. The fourth-order valence-electron chi connectivity index (χ4n) is 2.27. The first-order chi connectivity index (χ1) is 6.15. The molecule has 78 valence electrons. The fraction of sp³-hybridized carbons (Fsp3) is 1.00. The zero-order valence-electron chi connectivity index (χ0n) is 9.58. The number of hydrogen-bond donors (Lipinski definition) is 0. The van der Waals surface area contributed by atoms with Crippen molar-refractivity contribution in [1.82, 2.24) is 9.80 Å². The Labute approximate surface area is 82.9 Å². The predicted octanol–water partition coefficient (Wildman–Crippen LogP) is 1.81. The lowest BCUT2D eigenvalue weighted by atomic mass is 9.90. The van der Waals surface area contributed by atoms with Gasteiger partial charge in [-0.2, -0.15) is 0 Å². The molecule has 1 saturated carbocycles. The number of rotatable bonds is 3. The van der Waals surface area contributed by atoms with Crippen LogP contribution in [-0.4, -0.2) is 49.6 Å². The lowest BCUT2D eigenvalue weighted by Gasteiger charge is -2.36. The van der Waals surface area contributed by atoms with Crippen LogP contribution < -0.4 is 0 Å². The van der Waals surface area contributed by atoms with Gasteiger partial charge in [-0.05, 0) is 53.4 Å². The van der Waals surface area contributed by atoms with Crippen molar-refractivity contribution in [2.45, 2.75) is 44.7 Å². The first kappa shape index (κ1) is 11.0. The van der Waals surface area contributed by atoms with E-state index in [4.69, 9.17) is 0 Å². The molecule has 0 aromatic heterocycles. The van der Waals surface area contributed by atoms with Crippen molar-refractivity contribution in [3.63, 3.8) is 0 Å². The van der Waals surface area contributed by atoms with E-state index >= 15 is 0 Å². The Bertz CT molecular complexity index is 137. The van der Waals surface area contributed by atoms with Crippen LogP contribution in [0.5, 0.6) is 0 Å². The Hall–Kier alpha value is -0.0800. The van der Waals surface area contributed by atoms with E-state index < -0.39 is 0 Å².